The summed E-state index contributed by atoms with van der Waals surface area (Å²) in [5.74, 6) is 0. The van der Waals surface area contributed by atoms with E-state index in [0.29, 0.717) is 0 Å². The van der Waals surface area contributed by atoms with Crippen molar-refractivity contribution < 1.29 is 51.1 Å². The summed E-state index contributed by atoms with van der Waals surface area (Å²) < 4.78 is 0. The fraction of sp³-hybridized carbons (Fsp3) is 1.00. The SMILES string of the molecule is OC[C@H](O)[C@@H](O)[C@@H](O)[C@H](O)[C@@H](O)[C@H](O)[C@H](O)[C@@H](O)CO. The largest absolute Gasteiger partial charge is 0.394 e. The normalized spacial score (nSPS) is 24.3. The molecule has 10 nitrogen and oxygen atoms in total. The van der Waals surface area contributed by atoms with Gasteiger partial charge in [-0.05, 0) is 0 Å². The van der Waals surface area contributed by atoms with Gasteiger partial charge in [-0.3, -0.25) is 0 Å². The van der Waals surface area contributed by atoms with Gasteiger partial charge in [0.05, 0.1) is 13.2 Å². The predicted octanol–water partition coefficient (Wildman–Crippen LogP) is -6.14. The van der Waals surface area contributed by atoms with Crippen molar-refractivity contribution in [2.45, 2.75) is 48.8 Å². The average molecular weight is 302 g/mol. The van der Waals surface area contributed by atoms with E-state index in [1.807, 2.05) is 0 Å². The molecule has 0 heterocycles. The zero-order valence-electron chi connectivity index (χ0n) is 10.5. The Morgan fingerprint density at radius 1 is 0.400 bits per heavy atom. The minimum Gasteiger partial charge on any atom is -0.394 e. The maximum Gasteiger partial charge on any atom is 0.111 e. The molecule has 0 rings (SSSR count). The number of hydrogen-bond acceptors (Lipinski definition) is 10. The van der Waals surface area contributed by atoms with Crippen LogP contribution in [0.15, 0.2) is 0 Å². The molecule has 0 saturated carbocycles. The molecule has 0 aromatic heterocycles. The van der Waals surface area contributed by atoms with E-state index in [9.17, 15) is 30.6 Å². The monoisotopic (exact) mass is 302 g/mol. The van der Waals surface area contributed by atoms with Crippen molar-refractivity contribution in [3.63, 3.8) is 0 Å². The second kappa shape index (κ2) is 8.79. The van der Waals surface area contributed by atoms with Crippen molar-refractivity contribution in [2.75, 3.05) is 13.2 Å². The maximum absolute atomic E-state index is 9.51. The summed E-state index contributed by atoms with van der Waals surface area (Å²) in [6.45, 7) is -1.84. The zero-order valence-corrected chi connectivity index (χ0v) is 10.5. The van der Waals surface area contributed by atoms with E-state index in [1.54, 1.807) is 0 Å². The summed E-state index contributed by atoms with van der Waals surface area (Å²) in [6.07, 6.45) is -16.3. The molecular formula is C10H22O10. The molecule has 20 heavy (non-hydrogen) atoms. The van der Waals surface area contributed by atoms with Crippen LogP contribution in [0.2, 0.25) is 0 Å². The van der Waals surface area contributed by atoms with E-state index in [0.717, 1.165) is 0 Å². The van der Waals surface area contributed by atoms with Gasteiger partial charge in [0.1, 0.15) is 48.8 Å². The molecular weight excluding hydrogens is 280 g/mol. The summed E-state index contributed by atoms with van der Waals surface area (Å²) >= 11 is 0. The van der Waals surface area contributed by atoms with E-state index >= 15 is 0 Å². The Labute approximate surface area is 114 Å². The molecule has 0 unspecified atom stereocenters. The number of aliphatic hydroxyl groups excluding tert-OH is 10. The van der Waals surface area contributed by atoms with E-state index in [2.05, 4.69) is 0 Å². The molecule has 0 spiro atoms. The molecule has 0 bridgehead atoms. The Morgan fingerprint density at radius 2 is 0.600 bits per heavy atom. The molecule has 10 N–H and O–H groups in total. The second-order valence-corrected chi connectivity index (χ2v) is 4.44. The van der Waals surface area contributed by atoms with Gasteiger partial charge in [0, 0.05) is 0 Å². The van der Waals surface area contributed by atoms with Gasteiger partial charge in [0.15, 0.2) is 0 Å². The Kier molecular flexibility index (Phi) is 8.62. The smallest absolute Gasteiger partial charge is 0.111 e. The van der Waals surface area contributed by atoms with Crippen molar-refractivity contribution >= 4 is 0 Å². The summed E-state index contributed by atoms with van der Waals surface area (Å²) in [5, 5.41) is 91.8. The molecule has 122 valence electrons. The highest BCUT2D eigenvalue weighted by atomic mass is 16.4. The van der Waals surface area contributed by atoms with Crippen molar-refractivity contribution in [3.8, 4) is 0 Å². The van der Waals surface area contributed by atoms with Crippen LogP contribution in [-0.2, 0) is 0 Å². The zero-order chi connectivity index (χ0) is 16.0. The fourth-order valence-electron chi connectivity index (χ4n) is 1.48. The van der Waals surface area contributed by atoms with E-state index in [1.165, 1.54) is 0 Å². The molecule has 0 aliphatic heterocycles. The van der Waals surface area contributed by atoms with Crippen LogP contribution in [0.4, 0.5) is 0 Å². The highest BCUT2D eigenvalue weighted by Crippen LogP contribution is 2.14. The third kappa shape index (κ3) is 4.86. The molecule has 0 aromatic rings. The maximum atomic E-state index is 9.51. The van der Waals surface area contributed by atoms with Crippen LogP contribution in [0, 0.1) is 0 Å². The highest BCUT2D eigenvalue weighted by Gasteiger charge is 2.40. The van der Waals surface area contributed by atoms with Crippen LogP contribution in [-0.4, -0.2) is 113 Å². The standard InChI is InChI=1S/C10H22O10/c11-1-3(13)5(15)7(17)9(19)10(20)8(18)6(16)4(14)2-12/h3-20H,1-2H2/t3-,4-,5+,6+,7+,8+,9-,10-/m0/s1. The van der Waals surface area contributed by atoms with Gasteiger partial charge in [-0.15, -0.1) is 0 Å². The molecule has 0 aromatic carbocycles. The Morgan fingerprint density at radius 3 is 0.800 bits per heavy atom. The average Bonchev–Trinajstić information content (AvgIpc) is 2.48. The van der Waals surface area contributed by atoms with Crippen molar-refractivity contribution in [3.05, 3.63) is 0 Å². The van der Waals surface area contributed by atoms with Crippen molar-refractivity contribution in [1.82, 2.24) is 0 Å². The van der Waals surface area contributed by atoms with Gasteiger partial charge in [-0.1, -0.05) is 0 Å². The second-order valence-electron chi connectivity index (χ2n) is 4.44. The van der Waals surface area contributed by atoms with Gasteiger partial charge >= 0.3 is 0 Å². The Hall–Kier alpha value is -0.400. The van der Waals surface area contributed by atoms with Gasteiger partial charge in [0.25, 0.3) is 0 Å². The number of hydrogen-bond donors (Lipinski definition) is 10. The lowest BCUT2D eigenvalue weighted by Crippen LogP contribution is -2.56. The van der Waals surface area contributed by atoms with E-state index < -0.39 is 62.0 Å². The van der Waals surface area contributed by atoms with Gasteiger partial charge < -0.3 is 51.1 Å². The lowest BCUT2D eigenvalue weighted by molar-refractivity contribution is -0.181. The Bertz CT molecular complexity index is 238. The van der Waals surface area contributed by atoms with Crippen LogP contribution in [0.3, 0.4) is 0 Å². The quantitative estimate of drug-likeness (QED) is 0.195. The topological polar surface area (TPSA) is 202 Å². The first-order valence-corrected chi connectivity index (χ1v) is 5.85. The molecule has 0 aliphatic rings. The van der Waals surface area contributed by atoms with Gasteiger partial charge in [0.2, 0.25) is 0 Å². The molecule has 0 saturated heterocycles. The molecule has 10 heteroatoms. The van der Waals surface area contributed by atoms with Crippen molar-refractivity contribution in [2.24, 2.45) is 0 Å². The van der Waals surface area contributed by atoms with Crippen LogP contribution >= 0.6 is 0 Å². The summed E-state index contributed by atoms with van der Waals surface area (Å²) in [4.78, 5) is 0. The summed E-state index contributed by atoms with van der Waals surface area (Å²) in [7, 11) is 0. The predicted molar refractivity (Wildman–Crippen MR) is 62.2 cm³/mol. The minimum absolute atomic E-state index is 0.921. The third-order valence-corrected chi connectivity index (χ3v) is 2.91. The van der Waals surface area contributed by atoms with E-state index in [4.69, 9.17) is 20.4 Å². The third-order valence-electron chi connectivity index (χ3n) is 2.91. The van der Waals surface area contributed by atoms with Crippen LogP contribution in [0.1, 0.15) is 0 Å². The molecule has 0 fully saturated rings. The highest BCUT2D eigenvalue weighted by molar-refractivity contribution is 4.91. The lowest BCUT2D eigenvalue weighted by Gasteiger charge is -2.32. The van der Waals surface area contributed by atoms with Crippen molar-refractivity contribution in [1.29, 1.82) is 0 Å². The Balaban J connectivity index is 4.71. The molecule has 0 aliphatic carbocycles. The first kappa shape index (κ1) is 19.6. The number of rotatable bonds is 9. The van der Waals surface area contributed by atoms with Crippen LogP contribution in [0.5, 0.6) is 0 Å². The molecule has 0 radical (unpaired) electrons. The van der Waals surface area contributed by atoms with Gasteiger partial charge in [-0.25, -0.2) is 0 Å². The fourth-order valence-corrected chi connectivity index (χ4v) is 1.48. The van der Waals surface area contributed by atoms with Gasteiger partial charge in [-0.2, -0.15) is 0 Å². The number of aliphatic hydroxyl groups is 10. The lowest BCUT2D eigenvalue weighted by atomic mass is 9.93. The minimum atomic E-state index is -2.19. The summed E-state index contributed by atoms with van der Waals surface area (Å²) in [5.41, 5.74) is 0. The van der Waals surface area contributed by atoms with Crippen LogP contribution in [0.25, 0.3) is 0 Å². The first-order valence-electron chi connectivity index (χ1n) is 5.85. The molecule has 0 amide bonds. The van der Waals surface area contributed by atoms with Crippen LogP contribution < -0.4 is 0 Å². The first-order chi connectivity index (χ1) is 9.18. The molecule has 8 atom stereocenters. The van der Waals surface area contributed by atoms with E-state index in [-0.39, 0.29) is 0 Å². The summed E-state index contributed by atoms with van der Waals surface area (Å²) in [6, 6.07) is 0.